The SMILES string of the molecule is CNCCCCC(NC)C(=O)N1CCOCC1. The molecule has 1 rings (SSSR count). The summed E-state index contributed by atoms with van der Waals surface area (Å²) in [7, 11) is 3.82. The average Bonchev–Trinajstić information content (AvgIpc) is 2.39. The summed E-state index contributed by atoms with van der Waals surface area (Å²) in [6.45, 7) is 3.81. The molecule has 1 fully saturated rings. The third-order valence-corrected chi connectivity index (χ3v) is 3.14. The summed E-state index contributed by atoms with van der Waals surface area (Å²) in [6.07, 6.45) is 3.10. The number of likely N-dealkylation sites (N-methyl/N-ethyl adjacent to an activating group) is 1. The van der Waals surface area contributed by atoms with Crippen LogP contribution in [0.15, 0.2) is 0 Å². The van der Waals surface area contributed by atoms with Gasteiger partial charge in [-0.3, -0.25) is 4.79 Å². The lowest BCUT2D eigenvalue weighted by molar-refractivity contribution is -0.137. The maximum absolute atomic E-state index is 12.2. The minimum absolute atomic E-state index is 0.0371. The maximum Gasteiger partial charge on any atom is 0.239 e. The molecule has 0 saturated carbocycles. The van der Waals surface area contributed by atoms with Crippen molar-refractivity contribution in [3.8, 4) is 0 Å². The summed E-state index contributed by atoms with van der Waals surface area (Å²) in [5.74, 6) is 0.222. The lowest BCUT2D eigenvalue weighted by Crippen LogP contribution is -2.49. The molecule has 1 aliphatic heterocycles. The number of nitrogens with zero attached hydrogens (tertiary/aromatic N) is 1. The van der Waals surface area contributed by atoms with Crippen LogP contribution in [0, 0.1) is 0 Å². The van der Waals surface area contributed by atoms with E-state index in [4.69, 9.17) is 4.74 Å². The number of morpholine rings is 1. The molecule has 1 amide bonds. The molecule has 1 heterocycles. The van der Waals surface area contributed by atoms with Crippen LogP contribution >= 0.6 is 0 Å². The number of amides is 1. The Labute approximate surface area is 104 Å². The Morgan fingerprint density at radius 3 is 2.59 bits per heavy atom. The number of rotatable bonds is 7. The van der Waals surface area contributed by atoms with Gasteiger partial charge in [0, 0.05) is 13.1 Å². The van der Waals surface area contributed by atoms with E-state index in [0.29, 0.717) is 13.2 Å². The number of ether oxygens (including phenoxy) is 1. The molecule has 0 bridgehead atoms. The van der Waals surface area contributed by atoms with Gasteiger partial charge in [0.25, 0.3) is 0 Å². The third kappa shape index (κ3) is 5.02. The van der Waals surface area contributed by atoms with Gasteiger partial charge in [-0.25, -0.2) is 0 Å². The zero-order valence-electron chi connectivity index (χ0n) is 11.0. The van der Waals surface area contributed by atoms with E-state index < -0.39 is 0 Å². The molecule has 1 atom stereocenters. The molecule has 5 nitrogen and oxygen atoms in total. The molecular weight excluding hydrogens is 218 g/mol. The van der Waals surface area contributed by atoms with Crippen LogP contribution in [0.3, 0.4) is 0 Å². The molecule has 0 aromatic carbocycles. The third-order valence-electron chi connectivity index (χ3n) is 3.14. The first-order valence-corrected chi connectivity index (χ1v) is 6.48. The summed E-state index contributed by atoms with van der Waals surface area (Å²) >= 11 is 0. The molecule has 1 saturated heterocycles. The first-order chi connectivity index (χ1) is 8.29. The summed E-state index contributed by atoms with van der Waals surface area (Å²) in [5, 5.41) is 6.24. The molecule has 0 aliphatic carbocycles. The van der Waals surface area contributed by atoms with E-state index in [0.717, 1.165) is 38.9 Å². The van der Waals surface area contributed by atoms with Crippen LogP contribution in [0.4, 0.5) is 0 Å². The summed E-state index contributed by atoms with van der Waals surface area (Å²) in [6, 6.07) is -0.0371. The molecule has 100 valence electrons. The number of hydrogen-bond donors (Lipinski definition) is 2. The van der Waals surface area contributed by atoms with Crippen molar-refractivity contribution in [2.45, 2.75) is 25.3 Å². The van der Waals surface area contributed by atoms with Gasteiger partial charge >= 0.3 is 0 Å². The molecule has 1 aliphatic rings. The van der Waals surface area contributed by atoms with Crippen molar-refractivity contribution in [2.75, 3.05) is 46.9 Å². The van der Waals surface area contributed by atoms with Crippen LogP contribution in [0.25, 0.3) is 0 Å². The Morgan fingerprint density at radius 1 is 1.29 bits per heavy atom. The average molecular weight is 243 g/mol. The Balaban J connectivity index is 2.29. The molecule has 0 radical (unpaired) electrons. The molecule has 1 unspecified atom stereocenters. The lowest BCUT2D eigenvalue weighted by atomic mass is 10.1. The fourth-order valence-corrected chi connectivity index (χ4v) is 2.05. The summed E-state index contributed by atoms with van der Waals surface area (Å²) < 4.78 is 5.25. The number of nitrogens with one attached hydrogen (secondary N) is 2. The fraction of sp³-hybridized carbons (Fsp3) is 0.917. The highest BCUT2D eigenvalue weighted by molar-refractivity contribution is 5.81. The van der Waals surface area contributed by atoms with Gasteiger partial charge in [-0.1, -0.05) is 6.42 Å². The van der Waals surface area contributed by atoms with Gasteiger partial charge in [0.2, 0.25) is 5.91 Å². The largest absolute Gasteiger partial charge is 0.378 e. The highest BCUT2D eigenvalue weighted by Gasteiger charge is 2.23. The van der Waals surface area contributed by atoms with Crippen molar-refractivity contribution in [3.05, 3.63) is 0 Å². The van der Waals surface area contributed by atoms with Crippen LogP contribution in [0.1, 0.15) is 19.3 Å². The van der Waals surface area contributed by atoms with Gasteiger partial charge in [0.1, 0.15) is 0 Å². The smallest absolute Gasteiger partial charge is 0.239 e. The van der Waals surface area contributed by atoms with Gasteiger partial charge in [0.05, 0.1) is 19.3 Å². The van der Waals surface area contributed by atoms with Gasteiger partial charge in [-0.05, 0) is 33.5 Å². The molecule has 2 N–H and O–H groups in total. The number of unbranched alkanes of at least 4 members (excludes halogenated alkanes) is 1. The maximum atomic E-state index is 12.2. The fourth-order valence-electron chi connectivity index (χ4n) is 2.05. The molecule has 0 aromatic rings. The summed E-state index contributed by atoms with van der Waals surface area (Å²) in [5.41, 5.74) is 0. The highest BCUT2D eigenvalue weighted by Crippen LogP contribution is 2.06. The second-order valence-electron chi connectivity index (χ2n) is 4.38. The number of carbonyl (C=O) groups is 1. The second-order valence-corrected chi connectivity index (χ2v) is 4.38. The standard InChI is InChI=1S/C12H25N3O2/c1-13-6-4-3-5-11(14-2)12(16)15-7-9-17-10-8-15/h11,13-14H,3-10H2,1-2H3. The van der Waals surface area contributed by atoms with Gasteiger partial charge in [0.15, 0.2) is 0 Å². The Bertz CT molecular complexity index is 218. The quantitative estimate of drug-likeness (QED) is 0.609. The first kappa shape index (κ1) is 14.4. The lowest BCUT2D eigenvalue weighted by Gasteiger charge is -2.30. The molecule has 17 heavy (non-hydrogen) atoms. The minimum atomic E-state index is -0.0371. The van der Waals surface area contributed by atoms with E-state index in [1.54, 1.807) is 0 Å². The van der Waals surface area contributed by atoms with Crippen molar-refractivity contribution in [2.24, 2.45) is 0 Å². The van der Waals surface area contributed by atoms with Crippen LogP contribution < -0.4 is 10.6 Å². The number of hydrogen-bond acceptors (Lipinski definition) is 4. The Morgan fingerprint density at radius 2 is 2.00 bits per heavy atom. The van der Waals surface area contributed by atoms with Crippen molar-refractivity contribution in [1.29, 1.82) is 0 Å². The van der Waals surface area contributed by atoms with Crippen molar-refractivity contribution in [3.63, 3.8) is 0 Å². The first-order valence-electron chi connectivity index (χ1n) is 6.48. The van der Waals surface area contributed by atoms with Gasteiger partial charge in [-0.15, -0.1) is 0 Å². The van der Waals surface area contributed by atoms with Crippen LogP contribution in [0.5, 0.6) is 0 Å². The predicted molar refractivity (Wildman–Crippen MR) is 68.0 cm³/mol. The monoisotopic (exact) mass is 243 g/mol. The van der Waals surface area contributed by atoms with E-state index in [1.807, 2.05) is 19.0 Å². The summed E-state index contributed by atoms with van der Waals surface area (Å²) in [4.78, 5) is 14.1. The minimum Gasteiger partial charge on any atom is -0.378 e. The van der Waals surface area contributed by atoms with E-state index in [9.17, 15) is 4.79 Å². The molecular formula is C12H25N3O2. The Hall–Kier alpha value is -0.650. The van der Waals surface area contributed by atoms with E-state index in [-0.39, 0.29) is 11.9 Å². The number of carbonyl (C=O) groups excluding carboxylic acids is 1. The topological polar surface area (TPSA) is 53.6 Å². The normalized spacial score (nSPS) is 18.1. The molecule has 0 spiro atoms. The van der Waals surface area contributed by atoms with E-state index in [1.165, 1.54) is 0 Å². The second kappa shape index (κ2) is 8.44. The van der Waals surface area contributed by atoms with Crippen molar-refractivity contribution < 1.29 is 9.53 Å². The van der Waals surface area contributed by atoms with Crippen molar-refractivity contribution in [1.82, 2.24) is 15.5 Å². The van der Waals surface area contributed by atoms with Gasteiger partial charge in [-0.2, -0.15) is 0 Å². The van der Waals surface area contributed by atoms with Crippen molar-refractivity contribution >= 4 is 5.91 Å². The highest BCUT2D eigenvalue weighted by atomic mass is 16.5. The zero-order chi connectivity index (χ0) is 12.5. The van der Waals surface area contributed by atoms with E-state index >= 15 is 0 Å². The molecule has 0 aromatic heterocycles. The van der Waals surface area contributed by atoms with Crippen LogP contribution in [-0.4, -0.2) is 63.8 Å². The predicted octanol–water partition coefficient (Wildman–Crippen LogP) is -0.177. The Kier molecular flexibility index (Phi) is 7.16. The zero-order valence-corrected chi connectivity index (χ0v) is 11.0. The van der Waals surface area contributed by atoms with Crippen LogP contribution in [-0.2, 0) is 9.53 Å². The molecule has 5 heteroatoms. The van der Waals surface area contributed by atoms with Gasteiger partial charge < -0.3 is 20.3 Å². The van der Waals surface area contributed by atoms with E-state index in [2.05, 4.69) is 10.6 Å². The van der Waals surface area contributed by atoms with Crippen LogP contribution in [0.2, 0.25) is 0 Å².